The summed E-state index contributed by atoms with van der Waals surface area (Å²) in [6.45, 7) is 4.45. The van der Waals surface area contributed by atoms with Gasteiger partial charge >= 0.3 is 0 Å². The van der Waals surface area contributed by atoms with Crippen molar-refractivity contribution < 1.29 is 5.11 Å². The van der Waals surface area contributed by atoms with Crippen LogP contribution in [0.2, 0.25) is 0 Å². The zero-order valence-electron chi connectivity index (χ0n) is 12.4. The molecular weight excluding hydrogens is 385 g/mol. The third-order valence-electron chi connectivity index (χ3n) is 3.93. The molecule has 2 rings (SSSR count). The van der Waals surface area contributed by atoms with Crippen LogP contribution >= 0.6 is 35.7 Å². The van der Waals surface area contributed by atoms with E-state index in [0.29, 0.717) is 6.54 Å². The molecule has 1 unspecified atom stereocenters. The Kier molecular flexibility index (Phi) is 8.59. The van der Waals surface area contributed by atoms with Crippen LogP contribution < -0.4 is 10.6 Å². The topological polar surface area (TPSA) is 56.7 Å². The minimum atomic E-state index is -0.551. The second-order valence-corrected chi connectivity index (χ2v) is 7.05. The van der Waals surface area contributed by atoms with E-state index >= 15 is 0 Å². The van der Waals surface area contributed by atoms with Gasteiger partial charge in [0.15, 0.2) is 5.96 Å². The Hall–Kier alpha value is 0.310. The minimum absolute atomic E-state index is 0. The number of hydrogen-bond acceptors (Lipinski definition) is 3. The van der Waals surface area contributed by atoms with Crippen LogP contribution in [0, 0.1) is 0 Å². The Bertz CT molecular complexity index is 303. The molecule has 118 valence electrons. The van der Waals surface area contributed by atoms with Crippen molar-refractivity contribution >= 4 is 41.7 Å². The maximum absolute atomic E-state index is 10.3. The van der Waals surface area contributed by atoms with E-state index in [1.807, 2.05) is 0 Å². The fraction of sp³-hybridized carbons (Fsp3) is 0.929. The van der Waals surface area contributed by atoms with Crippen molar-refractivity contribution in [2.45, 2.75) is 56.3 Å². The Morgan fingerprint density at radius 1 is 1.30 bits per heavy atom. The molecule has 20 heavy (non-hydrogen) atoms. The summed E-state index contributed by atoms with van der Waals surface area (Å²) in [6.07, 6.45) is 6.71. The van der Waals surface area contributed by atoms with Crippen LogP contribution in [0.4, 0.5) is 0 Å². The van der Waals surface area contributed by atoms with Crippen LogP contribution in [0.15, 0.2) is 4.99 Å². The van der Waals surface area contributed by atoms with Gasteiger partial charge in [-0.2, -0.15) is 11.8 Å². The number of rotatable bonds is 5. The van der Waals surface area contributed by atoms with E-state index in [0.717, 1.165) is 50.0 Å². The Morgan fingerprint density at radius 3 is 2.65 bits per heavy atom. The van der Waals surface area contributed by atoms with Gasteiger partial charge in [-0.15, -0.1) is 24.0 Å². The van der Waals surface area contributed by atoms with E-state index in [9.17, 15) is 5.11 Å². The fourth-order valence-electron chi connectivity index (χ4n) is 2.78. The van der Waals surface area contributed by atoms with Gasteiger partial charge in [0.2, 0.25) is 0 Å². The molecule has 1 saturated carbocycles. The molecule has 0 aromatic carbocycles. The molecule has 6 heteroatoms. The summed E-state index contributed by atoms with van der Waals surface area (Å²) >= 11 is 2.05. The number of thioether (sulfide) groups is 1. The zero-order chi connectivity index (χ0) is 13.6. The van der Waals surface area contributed by atoms with Gasteiger partial charge in [-0.1, -0.05) is 12.8 Å². The highest BCUT2D eigenvalue weighted by molar-refractivity contribution is 14.0. The lowest BCUT2D eigenvalue weighted by molar-refractivity contribution is 0.0574. The summed E-state index contributed by atoms with van der Waals surface area (Å²) in [5.74, 6) is 2.15. The zero-order valence-corrected chi connectivity index (χ0v) is 15.5. The second-order valence-electron chi connectivity index (χ2n) is 5.64. The summed E-state index contributed by atoms with van der Waals surface area (Å²) in [5.41, 5.74) is -0.551. The molecule has 4 nitrogen and oxygen atoms in total. The number of guanidine groups is 1. The number of halogens is 1. The van der Waals surface area contributed by atoms with E-state index < -0.39 is 5.60 Å². The predicted molar refractivity (Wildman–Crippen MR) is 98.3 cm³/mol. The number of nitrogens with one attached hydrogen (secondary N) is 2. The number of aliphatic hydroxyl groups is 1. The van der Waals surface area contributed by atoms with E-state index in [1.165, 1.54) is 18.6 Å². The Labute approximate surface area is 144 Å². The molecule has 0 bridgehead atoms. The molecule has 1 aliphatic heterocycles. The van der Waals surface area contributed by atoms with Crippen molar-refractivity contribution in [2.24, 2.45) is 4.99 Å². The van der Waals surface area contributed by atoms with Crippen LogP contribution in [0.3, 0.4) is 0 Å². The van der Waals surface area contributed by atoms with Gasteiger partial charge in [0.1, 0.15) is 0 Å². The lowest BCUT2D eigenvalue weighted by Crippen LogP contribution is -2.41. The van der Waals surface area contributed by atoms with Crippen LogP contribution in [0.1, 0.15) is 45.4 Å². The largest absolute Gasteiger partial charge is 0.388 e. The van der Waals surface area contributed by atoms with E-state index in [-0.39, 0.29) is 24.0 Å². The van der Waals surface area contributed by atoms with Crippen LogP contribution in [0.5, 0.6) is 0 Å². The van der Waals surface area contributed by atoms with Crippen molar-refractivity contribution in [1.82, 2.24) is 10.6 Å². The Balaban J connectivity index is 0.00000200. The summed E-state index contributed by atoms with van der Waals surface area (Å²) < 4.78 is 0. The minimum Gasteiger partial charge on any atom is -0.388 e. The second kappa shape index (κ2) is 9.35. The molecule has 2 fully saturated rings. The van der Waals surface area contributed by atoms with E-state index in [2.05, 4.69) is 34.3 Å². The van der Waals surface area contributed by atoms with Crippen LogP contribution in [-0.4, -0.2) is 47.3 Å². The van der Waals surface area contributed by atoms with E-state index in [4.69, 9.17) is 0 Å². The molecule has 0 amide bonds. The maximum atomic E-state index is 10.3. The first-order chi connectivity index (χ1) is 9.22. The average Bonchev–Trinajstić information content (AvgIpc) is 3.05. The maximum Gasteiger partial charge on any atom is 0.191 e. The number of hydrogen-bond donors (Lipinski definition) is 3. The van der Waals surface area contributed by atoms with Gasteiger partial charge < -0.3 is 15.7 Å². The standard InChI is InChI=1S/C14H27N3OS.HI/c1-2-15-13(16-10-12-6-5-9-19-12)17-11-14(18)7-3-4-8-14;/h12,18H,2-11H2,1H3,(H2,15,16,17);1H. The smallest absolute Gasteiger partial charge is 0.191 e. The first kappa shape index (κ1) is 18.4. The van der Waals surface area contributed by atoms with Crippen molar-refractivity contribution in [3.8, 4) is 0 Å². The summed E-state index contributed by atoms with van der Waals surface area (Å²) in [6, 6.07) is 0. The molecule has 1 atom stereocenters. The lowest BCUT2D eigenvalue weighted by atomic mass is 10.0. The van der Waals surface area contributed by atoms with Gasteiger partial charge in [-0.25, -0.2) is 0 Å². The number of nitrogens with zero attached hydrogens (tertiary/aromatic N) is 1. The molecular formula is C14H28IN3OS. The van der Waals surface area contributed by atoms with Gasteiger partial charge in [0.25, 0.3) is 0 Å². The SMILES string of the molecule is CCNC(=NCC1(O)CCCC1)NCC1CCCS1.I. The summed E-state index contributed by atoms with van der Waals surface area (Å²) in [7, 11) is 0. The molecule has 0 spiro atoms. The molecule has 1 aliphatic carbocycles. The summed E-state index contributed by atoms with van der Waals surface area (Å²) in [5, 5.41) is 17.7. The lowest BCUT2D eigenvalue weighted by Gasteiger charge is -2.21. The number of aliphatic imine (C=N–C) groups is 1. The van der Waals surface area contributed by atoms with Crippen molar-refractivity contribution in [3.63, 3.8) is 0 Å². The normalized spacial score (nSPS) is 25.3. The third kappa shape index (κ3) is 5.97. The highest BCUT2D eigenvalue weighted by Crippen LogP contribution is 2.29. The van der Waals surface area contributed by atoms with Crippen molar-refractivity contribution in [3.05, 3.63) is 0 Å². The molecule has 1 heterocycles. The van der Waals surface area contributed by atoms with Crippen LogP contribution in [0.25, 0.3) is 0 Å². The molecule has 2 aliphatic rings. The molecule has 0 aromatic rings. The van der Waals surface area contributed by atoms with Crippen molar-refractivity contribution in [1.29, 1.82) is 0 Å². The molecule has 0 aromatic heterocycles. The molecule has 0 radical (unpaired) electrons. The predicted octanol–water partition coefficient (Wildman–Crippen LogP) is 2.36. The first-order valence-electron chi connectivity index (χ1n) is 7.58. The van der Waals surface area contributed by atoms with Gasteiger partial charge in [-0.3, -0.25) is 4.99 Å². The van der Waals surface area contributed by atoms with Crippen molar-refractivity contribution in [2.75, 3.05) is 25.4 Å². The molecule has 3 N–H and O–H groups in total. The highest BCUT2D eigenvalue weighted by Gasteiger charge is 2.30. The summed E-state index contributed by atoms with van der Waals surface area (Å²) in [4.78, 5) is 4.56. The first-order valence-corrected chi connectivity index (χ1v) is 8.63. The monoisotopic (exact) mass is 413 g/mol. The third-order valence-corrected chi connectivity index (χ3v) is 5.33. The van der Waals surface area contributed by atoms with Gasteiger partial charge in [0.05, 0.1) is 12.1 Å². The highest BCUT2D eigenvalue weighted by atomic mass is 127. The van der Waals surface area contributed by atoms with Gasteiger partial charge in [-0.05, 0) is 38.4 Å². The average molecular weight is 413 g/mol. The quantitative estimate of drug-likeness (QED) is 0.368. The van der Waals surface area contributed by atoms with Crippen LogP contribution in [-0.2, 0) is 0 Å². The van der Waals surface area contributed by atoms with Gasteiger partial charge in [0, 0.05) is 18.3 Å². The fourth-order valence-corrected chi connectivity index (χ4v) is 3.98. The Morgan fingerprint density at radius 2 is 2.05 bits per heavy atom. The van der Waals surface area contributed by atoms with E-state index in [1.54, 1.807) is 0 Å². The molecule has 1 saturated heterocycles.